The maximum atomic E-state index is 9.48. The molecule has 0 heterocycles. The average Bonchev–Trinajstić information content (AvgIpc) is 2.47. The minimum atomic E-state index is 0.296. The summed E-state index contributed by atoms with van der Waals surface area (Å²) in [6, 6.07) is 19.7. The molecular weight excluding hydrogens is 314 g/mol. The molecule has 100 valence electrons. The highest BCUT2D eigenvalue weighted by atomic mass is 79.9. The first kappa shape index (κ1) is 13.0. The Hall–Kier alpha value is -2.00. The molecule has 0 unspecified atom stereocenters. The Labute approximate surface area is 126 Å². The van der Waals surface area contributed by atoms with Crippen LogP contribution < -0.4 is 5.32 Å². The highest BCUT2D eigenvalue weighted by Gasteiger charge is 2.03. The molecular formula is C17H14BrNO. The number of hydrogen-bond donors (Lipinski definition) is 2. The molecule has 0 radical (unpaired) electrons. The number of anilines is 1. The fraction of sp³-hybridized carbons (Fsp3) is 0.0588. The lowest BCUT2D eigenvalue weighted by Crippen LogP contribution is -1.99. The lowest BCUT2D eigenvalue weighted by atomic mass is 10.1. The van der Waals surface area contributed by atoms with Gasteiger partial charge in [-0.1, -0.05) is 52.3 Å². The molecule has 0 amide bonds. The maximum absolute atomic E-state index is 9.48. The van der Waals surface area contributed by atoms with Crippen LogP contribution in [0, 0.1) is 0 Å². The molecule has 0 saturated heterocycles. The number of benzene rings is 3. The molecule has 3 rings (SSSR count). The molecule has 3 heteroatoms. The van der Waals surface area contributed by atoms with E-state index in [4.69, 9.17) is 0 Å². The molecule has 0 aliphatic carbocycles. The number of nitrogens with one attached hydrogen (secondary N) is 1. The van der Waals surface area contributed by atoms with E-state index in [2.05, 4.69) is 39.4 Å². The van der Waals surface area contributed by atoms with E-state index < -0.39 is 0 Å². The van der Waals surface area contributed by atoms with Crippen LogP contribution in [0.2, 0.25) is 0 Å². The zero-order valence-electron chi connectivity index (χ0n) is 10.8. The van der Waals surface area contributed by atoms with Gasteiger partial charge in [0.2, 0.25) is 0 Å². The minimum Gasteiger partial charge on any atom is -0.508 e. The monoisotopic (exact) mass is 327 g/mol. The molecule has 2 N–H and O–H groups in total. The summed E-state index contributed by atoms with van der Waals surface area (Å²) in [6.45, 7) is 0.681. The fourth-order valence-electron chi connectivity index (χ4n) is 2.28. The number of phenolic OH excluding ortho intramolecular Hbond substituents is 1. The third-order valence-corrected chi connectivity index (χ3v) is 3.96. The van der Waals surface area contributed by atoms with E-state index in [0.29, 0.717) is 12.3 Å². The Morgan fingerprint density at radius 1 is 0.900 bits per heavy atom. The van der Waals surface area contributed by atoms with Crippen molar-refractivity contribution in [2.24, 2.45) is 0 Å². The van der Waals surface area contributed by atoms with E-state index in [1.54, 1.807) is 12.1 Å². The van der Waals surface area contributed by atoms with Gasteiger partial charge in [0.25, 0.3) is 0 Å². The molecule has 0 spiro atoms. The Kier molecular flexibility index (Phi) is 3.61. The highest BCUT2D eigenvalue weighted by Crippen LogP contribution is 2.30. The third-order valence-electron chi connectivity index (χ3n) is 3.26. The van der Waals surface area contributed by atoms with Gasteiger partial charge in [0.15, 0.2) is 0 Å². The summed E-state index contributed by atoms with van der Waals surface area (Å²) in [6.07, 6.45) is 0. The second kappa shape index (κ2) is 5.55. The van der Waals surface area contributed by atoms with Crippen LogP contribution in [0.15, 0.2) is 65.1 Å². The summed E-state index contributed by atoms with van der Waals surface area (Å²) >= 11 is 3.58. The van der Waals surface area contributed by atoms with Gasteiger partial charge in [0, 0.05) is 22.1 Å². The fourth-order valence-corrected chi connectivity index (χ4v) is 2.76. The summed E-state index contributed by atoms with van der Waals surface area (Å²) in [4.78, 5) is 0. The molecule has 0 aliphatic rings. The number of phenols is 1. The van der Waals surface area contributed by atoms with E-state index in [9.17, 15) is 5.11 Å². The van der Waals surface area contributed by atoms with Gasteiger partial charge in [-0.25, -0.2) is 0 Å². The number of fused-ring (bicyclic) bond motifs is 1. The Morgan fingerprint density at radius 3 is 2.50 bits per heavy atom. The smallest absolute Gasteiger partial charge is 0.115 e. The van der Waals surface area contributed by atoms with Crippen molar-refractivity contribution in [3.05, 3.63) is 70.7 Å². The maximum Gasteiger partial charge on any atom is 0.115 e. The average molecular weight is 328 g/mol. The molecule has 0 bridgehead atoms. The topological polar surface area (TPSA) is 32.3 Å². The van der Waals surface area contributed by atoms with E-state index in [1.165, 1.54) is 10.8 Å². The molecule has 0 saturated carbocycles. The van der Waals surface area contributed by atoms with Crippen molar-refractivity contribution in [2.45, 2.75) is 6.54 Å². The van der Waals surface area contributed by atoms with Crippen molar-refractivity contribution in [1.82, 2.24) is 0 Å². The van der Waals surface area contributed by atoms with Gasteiger partial charge < -0.3 is 10.4 Å². The standard InChI is InChI=1S/C17H14BrNO/c18-16-8-9-17(15-7-2-1-6-14(15)16)19-11-12-4-3-5-13(20)10-12/h1-10,19-20H,11H2. The first-order valence-electron chi connectivity index (χ1n) is 6.43. The summed E-state index contributed by atoms with van der Waals surface area (Å²) in [7, 11) is 0. The number of aromatic hydroxyl groups is 1. The molecule has 0 aromatic heterocycles. The molecule has 2 nitrogen and oxygen atoms in total. The van der Waals surface area contributed by atoms with E-state index in [0.717, 1.165) is 15.7 Å². The van der Waals surface area contributed by atoms with Crippen LogP contribution in [0.1, 0.15) is 5.56 Å². The van der Waals surface area contributed by atoms with Gasteiger partial charge >= 0.3 is 0 Å². The van der Waals surface area contributed by atoms with Crippen LogP contribution in [-0.2, 0) is 6.54 Å². The van der Waals surface area contributed by atoms with Crippen molar-refractivity contribution >= 4 is 32.4 Å². The second-order valence-electron chi connectivity index (χ2n) is 4.66. The molecule has 0 aliphatic heterocycles. The summed E-state index contributed by atoms with van der Waals surface area (Å²) < 4.78 is 1.09. The molecule has 0 fully saturated rings. The Bertz CT molecular complexity index is 755. The summed E-state index contributed by atoms with van der Waals surface area (Å²) in [5.41, 5.74) is 2.14. The molecule has 0 atom stereocenters. The van der Waals surface area contributed by atoms with Crippen LogP contribution in [0.4, 0.5) is 5.69 Å². The van der Waals surface area contributed by atoms with Crippen molar-refractivity contribution in [3.63, 3.8) is 0 Å². The van der Waals surface area contributed by atoms with Crippen LogP contribution in [0.3, 0.4) is 0 Å². The van der Waals surface area contributed by atoms with Gasteiger partial charge in [-0.15, -0.1) is 0 Å². The second-order valence-corrected chi connectivity index (χ2v) is 5.52. The lowest BCUT2D eigenvalue weighted by molar-refractivity contribution is 0.474. The van der Waals surface area contributed by atoms with Crippen LogP contribution in [0.25, 0.3) is 10.8 Å². The van der Waals surface area contributed by atoms with Crippen molar-refractivity contribution < 1.29 is 5.11 Å². The number of rotatable bonds is 3. The van der Waals surface area contributed by atoms with Gasteiger partial charge in [0.1, 0.15) is 5.75 Å². The SMILES string of the molecule is Oc1cccc(CNc2ccc(Br)c3ccccc23)c1. The van der Waals surface area contributed by atoms with Crippen molar-refractivity contribution in [2.75, 3.05) is 5.32 Å². The van der Waals surface area contributed by atoms with Crippen LogP contribution >= 0.6 is 15.9 Å². The molecule has 3 aromatic rings. The largest absolute Gasteiger partial charge is 0.508 e. The minimum absolute atomic E-state index is 0.296. The van der Waals surface area contributed by atoms with Gasteiger partial charge in [-0.3, -0.25) is 0 Å². The summed E-state index contributed by atoms with van der Waals surface area (Å²) in [5, 5.41) is 15.3. The lowest BCUT2D eigenvalue weighted by Gasteiger charge is -2.11. The van der Waals surface area contributed by atoms with Crippen LogP contribution in [-0.4, -0.2) is 5.11 Å². The Morgan fingerprint density at radius 2 is 1.70 bits per heavy atom. The normalized spacial score (nSPS) is 10.7. The van der Waals surface area contributed by atoms with E-state index in [-0.39, 0.29) is 0 Å². The number of hydrogen-bond acceptors (Lipinski definition) is 2. The first-order valence-corrected chi connectivity index (χ1v) is 7.22. The molecule has 20 heavy (non-hydrogen) atoms. The highest BCUT2D eigenvalue weighted by molar-refractivity contribution is 9.10. The van der Waals surface area contributed by atoms with Gasteiger partial charge in [-0.2, -0.15) is 0 Å². The first-order chi connectivity index (χ1) is 9.74. The van der Waals surface area contributed by atoms with Crippen molar-refractivity contribution in [1.29, 1.82) is 0 Å². The zero-order chi connectivity index (χ0) is 13.9. The number of halogens is 1. The summed E-state index contributed by atoms with van der Waals surface area (Å²) in [5.74, 6) is 0.296. The molecule has 3 aromatic carbocycles. The quantitative estimate of drug-likeness (QED) is 0.715. The predicted molar refractivity (Wildman–Crippen MR) is 87.1 cm³/mol. The third kappa shape index (κ3) is 2.63. The Balaban J connectivity index is 1.90. The van der Waals surface area contributed by atoms with Gasteiger partial charge in [0.05, 0.1) is 0 Å². The van der Waals surface area contributed by atoms with Crippen LogP contribution in [0.5, 0.6) is 5.75 Å². The zero-order valence-corrected chi connectivity index (χ0v) is 12.4. The van der Waals surface area contributed by atoms with E-state index in [1.807, 2.05) is 30.3 Å². The van der Waals surface area contributed by atoms with Gasteiger partial charge in [-0.05, 0) is 35.2 Å². The van der Waals surface area contributed by atoms with E-state index >= 15 is 0 Å². The predicted octanol–water partition coefficient (Wildman–Crippen LogP) is 4.92. The van der Waals surface area contributed by atoms with Crippen molar-refractivity contribution in [3.8, 4) is 5.75 Å².